The highest BCUT2D eigenvalue weighted by atomic mass is 32.2. The number of ether oxygens (including phenoxy) is 1. The predicted octanol–water partition coefficient (Wildman–Crippen LogP) is 3.89. The molecule has 29 heavy (non-hydrogen) atoms. The predicted molar refractivity (Wildman–Crippen MR) is 114 cm³/mol. The average Bonchev–Trinajstić information content (AvgIpc) is 3.00. The molecule has 2 aromatic carbocycles. The van der Waals surface area contributed by atoms with Gasteiger partial charge in [0.2, 0.25) is 10.0 Å². The molecule has 156 valence electrons. The zero-order chi connectivity index (χ0) is 20.9. The molecule has 0 saturated carbocycles. The molecular formula is C22H28N2O4S. The van der Waals surface area contributed by atoms with E-state index in [-0.39, 0.29) is 17.4 Å². The molecule has 0 aliphatic carbocycles. The molecule has 1 saturated heterocycles. The van der Waals surface area contributed by atoms with Gasteiger partial charge in [-0.15, -0.1) is 0 Å². The van der Waals surface area contributed by atoms with E-state index in [4.69, 9.17) is 4.74 Å². The van der Waals surface area contributed by atoms with Crippen molar-refractivity contribution in [1.29, 1.82) is 0 Å². The third-order valence-corrected chi connectivity index (χ3v) is 7.19. The number of benzene rings is 2. The topological polar surface area (TPSA) is 75.7 Å². The Labute approximate surface area is 172 Å². The van der Waals surface area contributed by atoms with Crippen LogP contribution in [0.2, 0.25) is 0 Å². The van der Waals surface area contributed by atoms with E-state index >= 15 is 0 Å². The SMILES string of the molecule is Cc1cccc(NC(=O)COc2ccc(S(=O)(=O)N3CCCCCC3)cc2)c1C. The maximum Gasteiger partial charge on any atom is 0.262 e. The molecule has 1 heterocycles. The van der Waals surface area contributed by atoms with E-state index in [1.807, 2.05) is 32.0 Å². The summed E-state index contributed by atoms with van der Waals surface area (Å²) in [6, 6.07) is 12.0. The van der Waals surface area contributed by atoms with Crippen molar-refractivity contribution in [2.75, 3.05) is 25.0 Å². The Morgan fingerprint density at radius 3 is 2.31 bits per heavy atom. The van der Waals surface area contributed by atoms with E-state index in [2.05, 4.69) is 5.32 Å². The number of amides is 1. The monoisotopic (exact) mass is 416 g/mol. The van der Waals surface area contributed by atoms with Gasteiger partial charge in [0.25, 0.3) is 5.91 Å². The summed E-state index contributed by atoms with van der Waals surface area (Å²) >= 11 is 0. The Morgan fingerprint density at radius 2 is 1.66 bits per heavy atom. The lowest BCUT2D eigenvalue weighted by molar-refractivity contribution is -0.118. The molecule has 0 radical (unpaired) electrons. The second kappa shape index (κ2) is 9.41. The van der Waals surface area contributed by atoms with Crippen LogP contribution in [0.1, 0.15) is 36.8 Å². The number of anilines is 1. The first-order valence-corrected chi connectivity index (χ1v) is 11.4. The molecule has 3 rings (SSSR count). The van der Waals surface area contributed by atoms with Gasteiger partial charge in [-0.1, -0.05) is 25.0 Å². The van der Waals surface area contributed by atoms with Gasteiger partial charge in [0.15, 0.2) is 6.61 Å². The summed E-state index contributed by atoms with van der Waals surface area (Å²) in [6.45, 7) is 4.93. The number of hydrogen-bond donors (Lipinski definition) is 1. The molecule has 0 aromatic heterocycles. The fraction of sp³-hybridized carbons (Fsp3) is 0.409. The van der Waals surface area contributed by atoms with Crippen molar-refractivity contribution in [3.8, 4) is 5.75 Å². The second-order valence-corrected chi connectivity index (χ2v) is 9.31. The van der Waals surface area contributed by atoms with Crippen LogP contribution in [0.3, 0.4) is 0 Å². The first-order valence-electron chi connectivity index (χ1n) is 9.97. The number of hydrogen-bond acceptors (Lipinski definition) is 4. The van der Waals surface area contributed by atoms with Gasteiger partial charge in [-0.2, -0.15) is 4.31 Å². The smallest absolute Gasteiger partial charge is 0.262 e. The van der Waals surface area contributed by atoms with Gasteiger partial charge < -0.3 is 10.1 Å². The van der Waals surface area contributed by atoms with Gasteiger partial charge in [0.1, 0.15) is 5.75 Å². The number of rotatable bonds is 6. The van der Waals surface area contributed by atoms with Crippen LogP contribution in [0.4, 0.5) is 5.69 Å². The molecule has 2 aromatic rings. The fourth-order valence-corrected chi connectivity index (χ4v) is 4.88. The van der Waals surface area contributed by atoms with Crippen molar-refractivity contribution in [3.63, 3.8) is 0 Å². The third kappa shape index (κ3) is 5.36. The number of aryl methyl sites for hydroxylation is 1. The summed E-state index contributed by atoms with van der Waals surface area (Å²) in [4.78, 5) is 12.4. The largest absolute Gasteiger partial charge is 0.484 e. The van der Waals surface area contributed by atoms with Crippen LogP contribution >= 0.6 is 0 Å². The summed E-state index contributed by atoms with van der Waals surface area (Å²) in [7, 11) is -3.48. The van der Waals surface area contributed by atoms with Crippen molar-refractivity contribution >= 4 is 21.6 Å². The van der Waals surface area contributed by atoms with Gasteiger partial charge in [0, 0.05) is 18.8 Å². The summed E-state index contributed by atoms with van der Waals surface area (Å²) in [6.07, 6.45) is 3.94. The highest BCUT2D eigenvalue weighted by Crippen LogP contribution is 2.23. The molecule has 1 fully saturated rings. The molecule has 7 heteroatoms. The van der Waals surface area contributed by atoms with Crippen molar-refractivity contribution in [2.45, 2.75) is 44.4 Å². The minimum atomic E-state index is -3.48. The van der Waals surface area contributed by atoms with Crippen molar-refractivity contribution in [2.24, 2.45) is 0 Å². The Balaban J connectivity index is 1.59. The van der Waals surface area contributed by atoms with Crippen molar-refractivity contribution in [3.05, 3.63) is 53.6 Å². The van der Waals surface area contributed by atoms with Crippen LogP contribution in [0, 0.1) is 13.8 Å². The fourth-order valence-electron chi connectivity index (χ4n) is 3.36. The first kappa shape index (κ1) is 21.3. The van der Waals surface area contributed by atoms with Crippen LogP contribution in [0.15, 0.2) is 47.4 Å². The summed E-state index contributed by atoms with van der Waals surface area (Å²) in [5.41, 5.74) is 2.88. The normalized spacial score (nSPS) is 15.5. The zero-order valence-corrected chi connectivity index (χ0v) is 17.8. The molecule has 0 bridgehead atoms. The van der Waals surface area contributed by atoms with E-state index in [1.54, 1.807) is 16.4 Å². The molecule has 1 amide bonds. The molecule has 0 spiro atoms. The minimum Gasteiger partial charge on any atom is -0.484 e. The van der Waals surface area contributed by atoms with Gasteiger partial charge in [-0.05, 0) is 68.1 Å². The number of carbonyl (C=O) groups excluding carboxylic acids is 1. The lowest BCUT2D eigenvalue weighted by Crippen LogP contribution is -2.31. The standard InChI is InChI=1S/C22H28N2O4S/c1-17-8-7-9-21(18(17)2)23-22(25)16-28-19-10-12-20(13-11-19)29(26,27)24-14-5-3-4-6-15-24/h7-13H,3-6,14-16H2,1-2H3,(H,23,25). The van der Waals surface area contributed by atoms with Crippen molar-refractivity contribution in [1.82, 2.24) is 4.31 Å². The average molecular weight is 417 g/mol. The minimum absolute atomic E-state index is 0.147. The molecule has 0 unspecified atom stereocenters. The first-order chi connectivity index (χ1) is 13.9. The summed E-state index contributed by atoms with van der Waals surface area (Å²) in [5.74, 6) is 0.191. The lowest BCUT2D eigenvalue weighted by Gasteiger charge is -2.20. The molecular weight excluding hydrogens is 388 g/mol. The molecule has 6 nitrogen and oxygen atoms in total. The molecule has 0 atom stereocenters. The Bertz CT molecular complexity index is 947. The van der Waals surface area contributed by atoms with Crippen LogP contribution in [0.25, 0.3) is 0 Å². The van der Waals surface area contributed by atoms with E-state index in [0.717, 1.165) is 42.5 Å². The Morgan fingerprint density at radius 1 is 1.00 bits per heavy atom. The van der Waals surface area contributed by atoms with Crippen molar-refractivity contribution < 1.29 is 17.9 Å². The number of nitrogens with zero attached hydrogens (tertiary/aromatic N) is 1. The van der Waals surface area contributed by atoms with Gasteiger partial charge >= 0.3 is 0 Å². The van der Waals surface area contributed by atoms with Crippen LogP contribution in [0.5, 0.6) is 5.75 Å². The van der Waals surface area contributed by atoms with Gasteiger partial charge in [-0.25, -0.2) is 8.42 Å². The summed E-state index contributed by atoms with van der Waals surface area (Å²) < 4.78 is 32.7. The molecule has 1 aliphatic rings. The maximum absolute atomic E-state index is 12.8. The maximum atomic E-state index is 12.8. The van der Waals surface area contributed by atoms with E-state index in [0.29, 0.717) is 18.8 Å². The van der Waals surface area contributed by atoms with Crippen LogP contribution < -0.4 is 10.1 Å². The number of sulfonamides is 1. The summed E-state index contributed by atoms with van der Waals surface area (Å²) in [5, 5.41) is 2.84. The Kier molecular flexibility index (Phi) is 6.92. The molecule has 1 aliphatic heterocycles. The quantitative estimate of drug-likeness (QED) is 0.775. The van der Waals surface area contributed by atoms with Gasteiger partial charge in [-0.3, -0.25) is 4.79 Å². The highest BCUT2D eigenvalue weighted by Gasteiger charge is 2.25. The van der Waals surface area contributed by atoms with E-state index in [1.165, 1.54) is 12.1 Å². The number of nitrogens with one attached hydrogen (secondary N) is 1. The molecule has 1 N–H and O–H groups in total. The van der Waals surface area contributed by atoms with E-state index in [9.17, 15) is 13.2 Å². The van der Waals surface area contributed by atoms with E-state index < -0.39 is 10.0 Å². The van der Waals surface area contributed by atoms with Crippen LogP contribution in [-0.2, 0) is 14.8 Å². The van der Waals surface area contributed by atoms with Gasteiger partial charge in [0.05, 0.1) is 4.90 Å². The zero-order valence-electron chi connectivity index (χ0n) is 17.0. The second-order valence-electron chi connectivity index (χ2n) is 7.37. The highest BCUT2D eigenvalue weighted by molar-refractivity contribution is 7.89. The third-order valence-electron chi connectivity index (χ3n) is 5.28. The Hall–Kier alpha value is -2.38. The lowest BCUT2D eigenvalue weighted by atomic mass is 10.1. The van der Waals surface area contributed by atoms with Crippen LogP contribution in [-0.4, -0.2) is 38.3 Å². The number of carbonyl (C=O) groups is 1.